The Labute approximate surface area is 157 Å². The van der Waals surface area contributed by atoms with Gasteiger partial charge in [-0.2, -0.15) is 0 Å². The van der Waals surface area contributed by atoms with E-state index in [0.29, 0.717) is 29.8 Å². The third-order valence-corrected chi connectivity index (χ3v) is 5.30. The van der Waals surface area contributed by atoms with E-state index in [4.69, 9.17) is 4.74 Å². The molecule has 1 fully saturated rings. The summed E-state index contributed by atoms with van der Waals surface area (Å²) in [4.78, 5) is 4.19. The van der Waals surface area contributed by atoms with E-state index in [9.17, 15) is 17.2 Å². The van der Waals surface area contributed by atoms with Crippen molar-refractivity contribution in [1.82, 2.24) is 4.98 Å². The predicted molar refractivity (Wildman–Crippen MR) is 98.8 cm³/mol. The Morgan fingerprint density at radius 1 is 1.19 bits per heavy atom. The minimum Gasteiger partial charge on any atom is -0.372 e. The van der Waals surface area contributed by atoms with E-state index in [1.807, 2.05) is 0 Å². The van der Waals surface area contributed by atoms with Gasteiger partial charge in [0.2, 0.25) is 10.0 Å². The lowest BCUT2D eigenvalue weighted by atomic mass is 9.82. The maximum absolute atomic E-state index is 13.9. The van der Waals surface area contributed by atoms with Crippen LogP contribution in [0.4, 0.5) is 14.5 Å². The summed E-state index contributed by atoms with van der Waals surface area (Å²) in [6, 6.07) is 6.86. The van der Waals surface area contributed by atoms with Crippen LogP contribution in [0.15, 0.2) is 36.5 Å². The van der Waals surface area contributed by atoms with Crippen molar-refractivity contribution in [1.29, 1.82) is 0 Å². The van der Waals surface area contributed by atoms with E-state index >= 15 is 0 Å². The second-order valence-corrected chi connectivity index (χ2v) is 8.57. The predicted octanol–water partition coefficient (Wildman–Crippen LogP) is 3.97. The molecule has 0 bridgehead atoms. The zero-order valence-corrected chi connectivity index (χ0v) is 15.8. The van der Waals surface area contributed by atoms with Crippen LogP contribution in [0.25, 0.3) is 0 Å². The minimum atomic E-state index is -3.40. The third-order valence-electron chi connectivity index (χ3n) is 4.71. The van der Waals surface area contributed by atoms with E-state index in [1.54, 1.807) is 18.3 Å². The summed E-state index contributed by atoms with van der Waals surface area (Å²) < 4.78 is 58.5. The van der Waals surface area contributed by atoms with Crippen molar-refractivity contribution in [2.45, 2.75) is 44.3 Å². The highest BCUT2D eigenvalue weighted by atomic mass is 32.2. The Kier molecular flexibility index (Phi) is 6.06. The third kappa shape index (κ3) is 5.46. The Morgan fingerprint density at radius 3 is 2.63 bits per heavy atom. The number of benzene rings is 1. The molecule has 1 saturated carbocycles. The number of aromatic nitrogens is 1. The average molecular weight is 396 g/mol. The second kappa shape index (κ2) is 8.31. The average Bonchev–Trinajstić information content (AvgIpc) is 2.62. The molecular weight excluding hydrogens is 374 g/mol. The maximum atomic E-state index is 13.9. The van der Waals surface area contributed by atoms with Crippen molar-refractivity contribution < 1.29 is 21.9 Å². The quantitative estimate of drug-likeness (QED) is 0.802. The highest BCUT2D eigenvalue weighted by Gasteiger charge is 2.25. The van der Waals surface area contributed by atoms with Crippen LogP contribution in [0.2, 0.25) is 0 Å². The zero-order valence-electron chi connectivity index (χ0n) is 15.0. The summed E-state index contributed by atoms with van der Waals surface area (Å²) in [7, 11) is -3.40. The van der Waals surface area contributed by atoms with Crippen molar-refractivity contribution in [3.63, 3.8) is 0 Å². The van der Waals surface area contributed by atoms with Crippen molar-refractivity contribution in [3.05, 3.63) is 59.4 Å². The first kappa shape index (κ1) is 19.7. The molecule has 0 spiro atoms. The van der Waals surface area contributed by atoms with Crippen LogP contribution in [0.1, 0.15) is 42.9 Å². The summed E-state index contributed by atoms with van der Waals surface area (Å²) in [5.74, 6) is -0.811. The second-order valence-electron chi connectivity index (χ2n) is 6.82. The normalized spacial score (nSPS) is 20.4. The highest BCUT2D eigenvalue weighted by molar-refractivity contribution is 7.92. The number of hydrogen-bond donors (Lipinski definition) is 1. The number of rotatable bonds is 6. The SMILES string of the molecule is CS(=O)(=O)Nc1cccnc1COC1CCC(c2cc(F)ccc2F)CC1. The van der Waals surface area contributed by atoms with Gasteiger partial charge in [-0.1, -0.05) is 0 Å². The molecule has 1 aromatic heterocycles. The lowest BCUT2D eigenvalue weighted by molar-refractivity contribution is 0.0118. The molecule has 0 aliphatic heterocycles. The van der Waals surface area contributed by atoms with Crippen molar-refractivity contribution >= 4 is 15.7 Å². The lowest BCUT2D eigenvalue weighted by Crippen LogP contribution is -2.22. The summed E-state index contributed by atoms with van der Waals surface area (Å²) in [5.41, 5.74) is 1.34. The molecule has 1 heterocycles. The fourth-order valence-corrected chi connectivity index (χ4v) is 4.00. The first-order chi connectivity index (χ1) is 12.8. The smallest absolute Gasteiger partial charge is 0.229 e. The van der Waals surface area contributed by atoms with Crippen LogP contribution >= 0.6 is 0 Å². The molecule has 1 N–H and O–H groups in total. The molecule has 1 aromatic carbocycles. The summed E-state index contributed by atoms with van der Waals surface area (Å²) in [6.45, 7) is 0.183. The van der Waals surface area contributed by atoms with Crippen molar-refractivity contribution in [3.8, 4) is 0 Å². The van der Waals surface area contributed by atoms with E-state index in [-0.39, 0.29) is 24.4 Å². The van der Waals surface area contributed by atoms with Gasteiger partial charge >= 0.3 is 0 Å². The van der Waals surface area contributed by atoms with Gasteiger partial charge in [0.15, 0.2) is 0 Å². The number of nitrogens with zero attached hydrogens (tertiary/aromatic N) is 1. The molecule has 3 rings (SSSR count). The number of anilines is 1. The van der Waals surface area contributed by atoms with Gasteiger partial charge in [-0.25, -0.2) is 17.2 Å². The van der Waals surface area contributed by atoms with Gasteiger partial charge < -0.3 is 4.74 Å². The molecule has 27 heavy (non-hydrogen) atoms. The minimum absolute atomic E-state index is 0.0159. The topological polar surface area (TPSA) is 68.3 Å². The molecule has 0 saturated heterocycles. The fraction of sp³-hybridized carbons (Fsp3) is 0.421. The van der Waals surface area contributed by atoms with Crippen molar-refractivity contribution in [2.75, 3.05) is 11.0 Å². The number of hydrogen-bond acceptors (Lipinski definition) is 4. The number of halogens is 2. The molecule has 2 aromatic rings. The van der Waals surface area contributed by atoms with E-state index in [2.05, 4.69) is 9.71 Å². The van der Waals surface area contributed by atoms with Crippen molar-refractivity contribution in [2.24, 2.45) is 0 Å². The number of ether oxygens (including phenoxy) is 1. The molecule has 1 aliphatic rings. The Hall–Kier alpha value is -2.06. The number of sulfonamides is 1. The van der Waals surface area contributed by atoms with Crippen LogP contribution in [-0.2, 0) is 21.4 Å². The van der Waals surface area contributed by atoms with Gasteiger partial charge in [0.25, 0.3) is 0 Å². The van der Waals surface area contributed by atoms with Gasteiger partial charge in [0.05, 0.1) is 30.3 Å². The monoisotopic (exact) mass is 396 g/mol. The standard InChI is InChI=1S/C19H22F2N2O3S/c1-27(24,25)23-18-3-2-10-22-19(18)12-26-15-7-4-13(5-8-15)16-11-14(20)6-9-17(16)21/h2-3,6,9-11,13,15,23H,4-5,7-8,12H2,1H3. The van der Waals surface area contributed by atoms with Gasteiger partial charge in [-0.05, 0) is 67.5 Å². The number of pyridine rings is 1. The summed E-state index contributed by atoms with van der Waals surface area (Å²) in [6.07, 6.45) is 5.51. The van der Waals surface area contributed by atoms with Gasteiger partial charge in [0.1, 0.15) is 11.6 Å². The first-order valence-electron chi connectivity index (χ1n) is 8.80. The maximum Gasteiger partial charge on any atom is 0.229 e. The molecule has 0 unspecified atom stereocenters. The van der Waals surface area contributed by atoms with Gasteiger partial charge in [-0.15, -0.1) is 0 Å². The summed E-state index contributed by atoms with van der Waals surface area (Å²) >= 11 is 0. The Morgan fingerprint density at radius 2 is 1.93 bits per heavy atom. The molecule has 8 heteroatoms. The molecule has 0 radical (unpaired) electrons. The van der Waals surface area contributed by atoms with Crippen LogP contribution in [0, 0.1) is 11.6 Å². The Bertz CT molecular complexity index is 898. The molecule has 5 nitrogen and oxygen atoms in total. The lowest BCUT2D eigenvalue weighted by Gasteiger charge is -2.29. The molecule has 0 amide bonds. The molecule has 1 aliphatic carbocycles. The van der Waals surface area contributed by atoms with Gasteiger partial charge in [0, 0.05) is 6.20 Å². The van der Waals surface area contributed by atoms with Crippen LogP contribution < -0.4 is 4.72 Å². The highest BCUT2D eigenvalue weighted by Crippen LogP contribution is 2.35. The van der Waals surface area contributed by atoms with Crippen LogP contribution in [-0.4, -0.2) is 25.8 Å². The fourth-order valence-electron chi connectivity index (χ4n) is 3.41. The van der Waals surface area contributed by atoms with Crippen LogP contribution in [0.5, 0.6) is 0 Å². The number of nitrogens with one attached hydrogen (secondary N) is 1. The molecule has 0 atom stereocenters. The first-order valence-corrected chi connectivity index (χ1v) is 10.7. The summed E-state index contributed by atoms with van der Waals surface area (Å²) in [5, 5.41) is 0. The Balaban J connectivity index is 1.57. The van der Waals surface area contributed by atoms with E-state index in [1.165, 1.54) is 12.1 Å². The largest absolute Gasteiger partial charge is 0.372 e. The van der Waals surface area contributed by atoms with Crippen LogP contribution in [0.3, 0.4) is 0 Å². The molecule has 146 valence electrons. The zero-order chi connectivity index (χ0) is 19.4. The van der Waals surface area contributed by atoms with E-state index < -0.39 is 15.8 Å². The van der Waals surface area contributed by atoms with Gasteiger partial charge in [-0.3, -0.25) is 9.71 Å². The van der Waals surface area contributed by atoms with E-state index in [0.717, 1.165) is 25.2 Å². The molecular formula is C19H22F2N2O3S.